The van der Waals surface area contributed by atoms with Crippen LogP contribution in [0.1, 0.15) is 0 Å². The Bertz CT molecular complexity index is 738. The van der Waals surface area contributed by atoms with Gasteiger partial charge in [-0.3, -0.25) is 0 Å². The van der Waals surface area contributed by atoms with Crippen molar-refractivity contribution >= 4 is 27.6 Å². The van der Waals surface area contributed by atoms with Crippen LogP contribution in [0.5, 0.6) is 0 Å². The van der Waals surface area contributed by atoms with E-state index in [2.05, 4.69) is 78.8 Å². The number of rotatable bonds is 1. The number of anilines is 1. The van der Waals surface area contributed by atoms with Crippen LogP contribution in [0, 0.1) is 0 Å². The molecule has 18 heavy (non-hydrogen) atoms. The molecule has 0 aliphatic carbocycles. The molecule has 0 atom stereocenters. The molecule has 3 heteroatoms. The molecule has 2 aromatic heterocycles. The van der Waals surface area contributed by atoms with E-state index in [0.717, 1.165) is 0 Å². The molecule has 0 saturated carbocycles. The lowest BCUT2D eigenvalue weighted by molar-refractivity contribution is -0.647. The van der Waals surface area contributed by atoms with Crippen molar-refractivity contribution in [3.8, 4) is 0 Å². The molecule has 0 spiro atoms. The van der Waals surface area contributed by atoms with Crippen LogP contribution >= 0.6 is 0 Å². The number of aromatic nitrogens is 2. The number of benzene rings is 1. The molecule has 0 radical (unpaired) electrons. The number of aryl methyl sites for hydroxylation is 2. The summed E-state index contributed by atoms with van der Waals surface area (Å²) in [5.41, 5.74) is 3.77. The number of nitrogens with zero attached hydrogens (tertiary/aromatic N) is 3. The second-order valence-corrected chi connectivity index (χ2v) is 5.01. The van der Waals surface area contributed by atoms with Crippen LogP contribution in [0.15, 0.2) is 36.5 Å². The number of fused-ring (bicyclic) bond motifs is 3. The fourth-order valence-electron chi connectivity index (χ4n) is 2.66. The Morgan fingerprint density at radius 1 is 1.11 bits per heavy atom. The van der Waals surface area contributed by atoms with Crippen molar-refractivity contribution in [1.82, 2.24) is 4.57 Å². The zero-order chi connectivity index (χ0) is 12.9. The second-order valence-electron chi connectivity index (χ2n) is 5.01. The second kappa shape index (κ2) is 3.73. The molecular weight excluding hydrogens is 222 g/mol. The van der Waals surface area contributed by atoms with Crippen molar-refractivity contribution in [1.29, 1.82) is 0 Å². The van der Waals surface area contributed by atoms with E-state index in [0.29, 0.717) is 0 Å². The van der Waals surface area contributed by atoms with Crippen molar-refractivity contribution in [2.45, 2.75) is 0 Å². The maximum atomic E-state index is 2.26. The average Bonchev–Trinajstić information content (AvgIpc) is 2.64. The van der Waals surface area contributed by atoms with Gasteiger partial charge >= 0.3 is 0 Å². The Hall–Kier alpha value is -2.03. The van der Waals surface area contributed by atoms with Gasteiger partial charge in [-0.25, -0.2) is 9.13 Å². The Balaban J connectivity index is 2.49. The maximum absolute atomic E-state index is 2.26. The molecule has 0 saturated heterocycles. The van der Waals surface area contributed by atoms with E-state index in [4.69, 9.17) is 0 Å². The molecule has 0 aliphatic rings. The summed E-state index contributed by atoms with van der Waals surface area (Å²) >= 11 is 0. The van der Waals surface area contributed by atoms with Gasteiger partial charge in [-0.1, -0.05) is 0 Å². The Morgan fingerprint density at radius 2 is 1.89 bits per heavy atom. The van der Waals surface area contributed by atoms with Crippen molar-refractivity contribution in [2.24, 2.45) is 14.1 Å². The van der Waals surface area contributed by atoms with Gasteiger partial charge in [0.2, 0.25) is 0 Å². The quantitative estimate of drug-likeness (QED) is 0.594. The summed E-state index contributed by atoms with van der Waals surface area (Å²) in [7, 11) is 8.37. The predicted molar refractivity (Wildman–Crippen MR) is 75.9 cm³/mol. The molecule has 3 nitrogen and oxygen atoms in total. The zero-order valence-electron chi connectivity index (χ0n) is 11.3. The highest BCUT2D eigenvalue weighted by Crippen LogP contribution is 2.28. The number of hydrogen-bond acceptors (Lipinski definition) is 1. The monoisotopic (exact) mass is 240 g/mol. The average molecular weight is 240 g/mol. The largest absolute Gasteiger partial charge is 0.378 e. The van der Waals surface area contributed by atoms with Crippen LogP contribution in [0.4, 0.5) is 5.69 Å². The summed E-state index contributed by atoms with van der Waals surface area (Å²) in [5.74, 6) is 0. The van der Waals surface area contributed by atoms with E-state index in [1.807, 2.05) is 0 Å². The van der Waals surface area contributed by atoms with Gasteiger partial charge in [0.25, 0.3) is 5.65 Å². The third-order valence-corrected chi connectivity index (χ3v) is 3.61. The molecule has 0 bridgehead atoms. The first-order valence-corrected chi connectivity index (χ1v) is 6.13. The van der Waals surface area contributed by atoms with Gasteiger partial charge < -0.3 is 4.90 Å². The molecule has 3 aromatic rings. The van der Waals surface area contributed by atoms with Gasteiger partial charge in [-0.05, 0) is 30.3 Å². The molecule has 0 aliphatic heterocycles. The first kappa shape index (κ1) is 11.1. The third-order valence-electron chi connectivity index (χ3n) is 3.61. The third kappa shape index (κ3) is 1.40. The lowest BCUT2D eigenvalue weighted by Gasteiger charge is -2.11. The zero-order valence-corrected chi connectivity index (χ0v) is 11.3. The lowest BCUT2D eigenvalue weighted by atomic mass is 10.1. The molecule has 3 rings (SSSR count). The normalized spacial score (nSPS) is 11.3. The molecule has 92 valence electrons. The summed E-state index contributed by atoms with van der Waals surface area (Å²) in [4.78, 5) is 2.14. The first-order valence-electron chi connectivity index (χ1n) is 6.13. The van der Waals surface area contributed by atoms with Gasteiger partial charge in [0.15, 0.2) is 0 Å². The van der Waals surface area contributed by atoms with Crippen LogP contribution in [-0.2, 0) is 14.1 Å². The minimum absolute atomic E-state index is 1.24. The van der Waals surface area contributed by atoms with Gasteiger partial charge in [0.1, 0.15) is 5.52 Å². The summed E-state index contributed by atoms with van der Waals surface area (Å²) in [5, 5.41) is 2.62. The van der Waals surface area contributed by atoms with Gasteiger partial charge in [-0.15, -0.1) is 0 Å². The fourth-order valence-corrected chi connectivity index (χ4v) is 2.66. The molecule has 0 fully saturated rings. The van der Waals surface area contributed by atoms with Crippen LogP contribution in [0.25, 0.3) is 21.9 Å². The van der Waals surface area contributed by atoms with E-state index in [9.17, 15) is 0 Å². The van der Waals surface area contributed by atoms with E-state index >= 15 is 0 Å². The highest BCUT2D eigenvalue weighted by Gasteiger charge is 2.17. The van der Waals surface area contributed by atoms with E-state index < -0.39 is 0 Å². The maximum Gasteiger partial charge on any atom is 0.289 e. The summed E-state index contributed by atoms with van der Waals surface area (Å²) in [6.07, 6.45) is 2.09. The van der Waals surface area contributed by atoms with E-state index in [1.54, 1.807) is 0 Å². The van der Waals surface area contributed by atoms with Crippen LogP contribution in [0.2, 0.25) is 0 Å². The molecule has 0 unspecified atom stereocenters. The van der Waals surface area contributed by atoms with Crippen molar-refractivity contribution in [3.63, 3.8) is 0 Å². The number of hydrogen-bond donors (Lipinski definition) is 0. The van der Waals surface area contributed by atoms with Gasteiger partial charge in [0.05, 0.1) is 25.7 Å². The smallest absolute Gasteiger partial charge is 0.289 e. The van der Waals surface area contributed by atoms with Crippen molar-refractivity contribution < 1.29 is 4.57 Å². The van der Waals surface area contributed by atoms with Crippen LogP contribution < -0.4 is 9.47 Å². The molecule has 1 aromatic carbocycles. The summed E-state index contributed by atoms with van der Waals surface area (Å²) in [6.45, 7) is 0. The predicted octanol–water partition coefficient (Wildman–Crippen LogP) is 2.22. The number of pyridine rings is 1. The van der Waals surface area contributed by atoms with Crippen molar-refractivity contribution in [2.75, 3.05) is 19.0 Å². The minimum Gasteiger partial charge on any atom is -0.378 e. The molecular formula is C15H18N3+. The molecule has 2 heterocycles. The standard InChI is InChI=1S/C15H18N3/c1-16(2)11-7-8-14-13(10-11)12-6-5-9-17(3)15(12)18(14)4/h5-10H,1-4H3/q+1. The highest BCUT2D eigenvalue weighted by atomic mass is 15.1. The molecule has 0 amide bonds. The summed E-state index contributed by atoms with van der Waals surface area (Å²) in [6, 6.07) is 10.9. The van der Waals surface area contributed by atoms with Crippen LogP contribution in [0.3, 0.4) is 0 Å². The fraction of sp³-hybridized carbons (Fsp3) is 0.267. The van der Waals surface area contributed by atoms with Crippen molar-refractivity contribution in [3.05, 3.63) is 36.5 Å². The lowest BCUT2D eigenvalue weighted by Crippen LogP contribution is -2.29. The van der Waals surface area contributed by atoms with Gasteiger partial charge in [-0.2, -0.15) is 0 Å². The minimum atomic E-state index is 1.24. The Kier molecular flexibility index (Phi) is 2.30. The van der Waals surface area contributed by atoms with Crippen LogP contribution in [-0.4, -0.2) is 18.7 Å². The highest BCUT2D eigenvalue weighted by molar-refractivity contribution is 6.06. The Morgan fingerprint density at radius 3 is 2.61 bits per heavy atom. The van der Waals surface area contributed by atoms with E-state index in [-0.39, 0.29) is 0 Å². The Labute approximate surface area is 107 Å². The SMILES string of the molecule is CN(C)c1ccc2c(c1)c1ccc[n+](C)c1n2C. The van der Waals surface area contributed by atoms with E-state index in [1.165, 1.54) is 27.6 Å². The topological polar surface area (TPSA) is 12.1 Å². The first-order chi connectivity index (χ1) is 8.59. The summed E-state index contributed by atoms with van der Waals surface area (Å²) < 4.78 is 4.43. The van der Waals surface area contributed by atoms with Gasteiger partial charge in [0, 0.05) is 25.2 Å². The molecule has 0 N–H and O–H groups in total.